The molecular weight excluding hydrogens is 194 g/mol. The Balaban J connectivity index is 2.52. The predicted octanol–water partition coefficient (Wildman–Crippen LogP) is 1.49. The highest BCUT2D eigenvalue weighted by molar-refractivity contribution is 5.53. The molecule has 0 saturated heterocycles. The van der Waals surface area contributed by atoms with Crippen LogP contribution in [0.5, 0.6) is 17.2 Å². The van der Waals surface area contributed by atoms with Gasteiger partial charge in [-0.3, -0.25) is 0 Å². The second kappa shape index (κ2) is 3.98. The molecule has 0 amide bonds. The van der Waals surface area contributed by atoms with Gasteiger partial charge in [-0.05, 0) is 0 Å². The summed E-state index contributed by atoms with van der Waals surface area (Å²) in [5.41, 5.74) is 6.95. The molecule has 1 atom stereocenters. The van der Waals surface area contributed by atoms with Gasteiger partial charge in [-0.2, -0.15) is 0 Å². The molecule has 2 N–H and O–H groups in total. The monoisotopic (exact) mass is 209 g/mol. The fraction of sp³-hybridized carbons (Fsp3) is 0.455. The zero-order chi connectivity index (χ0) is 10.8. The number of methoxy groups -OCH3 is 2. The van der Waals surface area contributed by atoms with E-state index in [1.807, 2.05) is 12.1 Å². The first-order chi connectivity index (χ1) is 7.26. The molecule has 0 unspecified atom stereocenters. The Bertz CT molecular complexity index is 348. The summed E-state index contributed by atoms with van der Waals surface area (Å²) in [6.45, 7) is 0.643. The fourth-order valence-corrected chi connectivity index (χ4v) is 1.79. The molecule has 2 rings (SSSR count). The smallest absolute Gasteiger partial charge is 0.131 e. The van der Waals surface area contributed by atoms with Crippen molar-refractivity contribution in [1.29, 1.82) is 0 Å². The molecule has 0 aromatic heterocycles. The average Bonchev–Trinajstić information content (AvgIpc) is 2.27. The number of fused-ring (bicyclic) bond motifs is 1. The highest BCUT2D eigenvalue weighted by Gasteiger charge is 2.23. The predicted molar refractivity (Wildman–Crippen MR) is 56.6 cm³/mol. The number of hydrogen-bond acceptors (Lipinski definition) is 4. The van der Waals surface area contributed by atoms with Crippen LogP contribution in [0.2, 0.25) is 0 Å². The van der Waals surface area contributed by atoms with E-state index in [1.165, 1.54) is 0 Å². The van der Waals surface area contributed by atoms with Gasteiger partial charge in [0.2, 0.25) is 0 Å². The van der Waals surface area contributed by atoms with Crippen molar-refractivity contribution >= 4 is 0 Å². The van der Waals surface area contributed by atoms with E-state index >= 15 is 0 Å². The second-order valence-corrected chi connectivity index (χ2v) is 3.49. The Labute approximate surface area is 88.9 Å². The summed E-state index contributed by atoms with van der Waals surface area (Å²) >= 11 is 0. The molecule has 1 aromatic carbocycles. The Kier molecular flexibility index (Phi) is 2.68. The van der Waals surface area contributed by atoms with Gasteiger partial charge in [-0.1, -0.05) is 0 Å². The number of nitrogens with two attached hydrogens (primary N) is 1. The summed E-state index contributed by atoms with van der Waals surface area (Å²) in [7, 11) is 3.24. The lowest BCUT2D eigenvalue weighted by atomic mass is 10.00. The Hall–Kier alpha value is -1.42. The Morgan fingerprint density at radius 3 is 2.80 bits per heavy atom. The molecule has 4 nitrogen and oxygen atoms in total. The third-order valence-corrected chi connectivity index (χ3v) is 2.59. The lowest BCUT2D eigenvalue weighted by Crippen LogP contribution is -2.21. The van der Waals surface area contributed by atoms with Gasteiger partial charge < -0.3 is 19.9 Å². The lowest BCUT2D eigenvalue weighted by Gasteiger charge is -2.25. The standard InChI is InChI=1S/C11H15NO3/c1-13-7-5-9(14-2)11-8(12)3-4-15-10(11)6-7/h5-6,8H,3-4,12H2,1-2H3/t8-/m0/s1. The second-order valence-electron chi connectivity index (χ2n) is 3.49. The summed E-state index contributed by atoms with van der Waals surface area (Å²) < 4.78 is 16.0. The van der Waals surface area contributed by atoms with E-state index in [0.717, 1.165) is 29.2 Å². The van der Waals surface area contributed by atoms with Crippen molar-refractivity contribution in [1.82, 2.24) is 0 Å². The van der Waals surface area contributed by atoms with Crippen molar-refractivity contribution in [2.45, 2.75) is 12.5 Å². The molecule has 4 heteroatoms. The molecule has 1 aliphatic heterocycles. The zero-order valence-corrected chi connectivity index (χ0v) is 8.95. The van der Waals surface area contributed by atoms with E-state index in [2.05, 4.69) is 0 Å². The maximum absolute atomic E-state index is 6.01. The molecular formula is C11H15NO3. The largest absolute Gasteiger partial charge is 0.496 e. The summed E-state index contributed by atoms with van der Waals surface area (Å²) in [5.74, 6) is 2.22. The molecule has 15 heavy (non-hydrogen) atoms. The number of hydrogen-bond donors (Lipinski definition) is 1. The maximum atomic E-state index is 6.01. The Morgan fingerprint density at radius 2 is 2.13 bits per heavy atom. The number of rotatable bonds is 2. The molecule has 1 aromatic rings. The molecule has 0 bridgehead atoms. The van der Waals surface area contributed by atoms with Crippen molar-refractivity contribution in [2.24, 2.45) is 5.73 Å². The molecule has 1 aliphatic rings. The van der Waals surface area contributed by atoms with Crippen LogP contribution in [-0.2, 0) is 0 Å². The van der Waals surface area contributed by atoms with Crippen molar-refractivity contribution in [3.8, 4) is 17.2 Å². The van der Waals surface area contributed by atoms with E-state index in [-0.39, 0.29) is 6.04 Å². The molecule has 1 heterocycles. The maximum Gasteiger partial charge on any atom is 0.131 e. The van der Waals surface area contributed by atoms with E-state index in [4.69, 9.17) is 19.9 Å². The molecule has 0 radical (unpaired) electrons. The minimum atomic E-state index is -0.0189. The first-order valence-electron chi connectivity index (χ1n) is 4.90. The van der Waals surface area contributed by atoms with Crippen LogP contribution in [0.1, 0.15) is 18.0 Å². The van der Waals surface area contributed by atoms with Crippen LogP contribution in [-0.4, -0.2) is 20.8 Å². The summed E-state index contributed by atoms with van der Waals surface area (Å²) in [4.78, 5) is 0. The molecule has 0 fully saturated rings. The third kappa shape index (κ3) is 1.72. The highest BCUT2D eigenvalue weighted by atomic mass is 16.5. The van der Waals surface area contributed by atoms with Gasteiger partial charge in [-0.25, -0.2) is 0 Å². The van der Waals surface area contributed by atoms with E-state index in [0.29, 0.717) is 6.61 Å². The average molecular weight is 209 g/mol. The molecule has 0 spiro atoms. The minimum absolute atomic E-state index is 0.0189. The van der Waals surface area contributed by atoms with Gasteiger partial charge in [-0.15, -0.1) is 0 Å². The van der Waals surface area contributed by atoms with E-state index < -0.39 is 0 Å². The van der Waals surface area contributed by atoms with Gasteiger partial charge >= 0.3 is 0 Å². The van der Waals surface area contributed by atoms with Crippen LogP contribution >= 0.6 is 0 Å². The van der Waals surface area contributed by atoms with Gasteiger partial charge in [0, 0.05) is 24.6 Å². The number of benzene rings is 1. The van der Waals surface area contributed by atoms with Crippen molar-refractivity contribution in [3.63, 3.8) is 0 Å². The van der Waals surface area contributed by atoms with Crippen LogP contribution in [0.25, 0.3) is 0 Å². The van der Waals surface area contributed by atoms with Crippen molar-refractivity contribution in [3.05, 3.63) is 17.7 Å². The van der Waals surface area contributed by atoms with Crippen molar-refractivity contribution < 1.29 is 14.2 Å². The fourth-order valence-electron chi connectivity index (χ4n) is 1.79. The minimum Gasteiger partial charge on any atom is -0.496 e. The number of ether oxygens (including phenoxy) is 3. The van der Waals surface area contributed by atoms with Gasteiger partial charge in [0.15, 0.2) is 0 Å². The van der Waals surface area contributed by atoms with Crippen LogP contribution < -0.4 is 19.9 Å². The molecule has 0 aliphatic carbocycles. The lowest BCUT2D eigenvalue weighted by molar-refractivity contribution is 0.260. The SMILES string of the molecule is COc1cc(OC)c2c(c1)OCC[C@@H]2N. The molecule has 82 valence electrons. The quantitative estimate of drug-likeness (QED) is 0.801. The van der Waals surface area contributed by atoms with Crippen LogP contribution in [0.15, 0.2) is 12.1 Å². The van der Waals surface area contributed by atoms with Crippen LogP contribution in [0, 0.1) is 0 Å². The third-order valence-electron chi connectivity index (χ3n) is 2.59. The van der Waals surface area contributed by atoms with Crippen molar-refractivity contribution in [2.75, 3.05) is 20.8 Å². The van der Waals surface area contributed by atoms with E-state index in [1.54, 1.807) is 14.2 Å². The van der Waals surface area contributed by atoms with E-state index in [9.17, 15) is 0 Å². The first-order valence-corrected chi connectivity index (χ1v) is 4.90. The van der Waals surface area contributed by atoms with Gasteiger partial charge in [0.05, 0.1) is 26.4 Å². The van der Waals surface area contributed by atoms with Gasteiger partial charge in [0.25, 0.3) is 0 Å². The van der Waals surface area contributed by atoms with Gasteiger partial charge in [0.1, 0.15) is 17.2 Å². The topological polar surface area (TPSA) is 53.7 Å². The summed E-state index contributed by atoms with van der Waals surface area (Å²) in [5, 5.41) is 0. The normalized spacial score (nSPS) is 19.0. The van der Waals surface area contributed by atoms with Crippen LogP contribution in [0.4, 0.5) is 0 Å². The highest BCUT2D eigenvalue weighted by Crippen LogP contribution is 2.40. The summed E-state index contributed by atoms with van der Waals surface area (Å²) in [6, 6.07) is 3.65. The summed E-state index contributed by atoms with van der Waals surface area (Å²) in [6.07, 6.45) is 0.815. The first kappa shape index (κ1) is 10.1. The molecule has 0 saturated carbocycles. The zero-order valence-electron chi connectivity index (χ0n) is 8.95. The Morgan fingerprint density at radius 1 is 1.33 bits per heavy atom. The van der Waals surface area contributed by atoms with Crippen LogP contribution in [0.3, 0.4) is 0 Å².